The van der Waals surface area contributed by atoms with Gasteiger partial charge in [0.1, 0.15) is 17.2 Å². The molecule has 3 aromatic rings. The first kappa shape index (κ1) is 20.3. The van der Waals surface area contributed by atoms with Gasteiger partial charge in [-0.25, -0.2) is 4.79 Å². The van der Waals surface area contributed by atoms with Gasteiger partial charge < -0.3 is 9.47 Å². The summed E-state index contributed by atoms with van der Waals surface area (Å²) >= 11 is 0. The Morgan fingerprint density at radius 3 is 1.86 bits per heavy atom. The molecule has 7 heteroatoms. The molecule has 0 spiro atoms. The van der Waals surface area contributed by atoms with Crippen molar-refractivity contribution in [2.24, 2.45) is 0 Å². The smallest absolute Gasteiger partial charge is 0.419 e. The Bertz CT molecular complexity index is 940. The lowest BCUT2D eigenvalue weighted by atomic mass is 10.2. The zero-order valence-corrected chi connectivity index (χ0v) is 15.5. The lowest BCUT2D eigenvalue weighted by molar-refractivity contribution is -0.137. The van der Waals surface area contributed by atoms with Crippen molar-refractivity contribution in [2.45, 2.75) is 13.1 Å². The number of carbonyl (C=O) groups excluding carboxylic acids is 1. The van der Waals surface area contributed by atoms with Crippen LogP contribution in [0.3, 0.4) is 0 Å². The first-order chi connectivity index (χ1) is 13.9. The van der Waals surface area contributed by atoms with Gasteiger partial charge in [0.2, 0.25) is 0 Å². The number of alkyl halides is 3. The minimum absolute atomic E-state index is 0.268. The van der Waals surface area contributed by atoms with E-state index in [0.29, 0.717) is 18.0 Å². The standard InChI is InChI=1S/C22H18F3NO3/c1-2-26(17-6-4-3-5-7-17)21(27)29-20-14-12-19(13-15-20)28-18-10-8-16(9-11-18)22(23,24)25/h3-15H,2H2,1H3. The van der Waals surface area contributed by atoms with Crippen LogP contribution in [-0.2, 0) is 6.18 Å². The number of ether oxygens (including phenoxy) is 2. The Hall–Kier alpha value is -3.48. The van der Waals surface area contributed by atoms with Crippen molar-refractivity contribution in [3.63, 3.8) is 0 Å². The summed E-state index contributed by atoms with van der Waals surface area (Å²) in [5.74, 6) is 0.994. The highest BCUT2D eigenvalue weighted by Gasteiger charge is 2.30. The number of carbonyl (C=O) groups is 1. The zero-order valence-electron chi connectivity index (χ0n) is 15.5. The van der Waals surface area contributed by atoms with E-state index in [9.17, 15) is 18.0 Å². The lowest BCUT2D eigenvalue weighted by Gasteiger charge is -2.20. The van der Waals surface area contributed by atoms with Gasteiger partial charge in [0.15, 0.2) is 0 Å². The first-order valence-corrected chi connectivity index (χ1v) is 8.86. The predicted octanol–water partition coefficient (Wildman–Crippen LogP) is 6.52. The molecule has 0 heterocycles. The molecule has 0 bridgehead atoms. The van der Waals surface area contributed by atoms with Crippen LogP contribution in [0.25, 0.3) is 0 Å². The topological polar surface area (TPSA) is 38.8 Å². The quantitative estimate of drug-likeness (QED) is 0.488. The Morgan fingerprint density at radius 2 is 1.34 bits per heavy atom. The molecule has 1 amide bonds. The fourth-order valence-electron chi connectivity index (χ4n) is 2.60. The monoisotopic (exact) mass is 401 g/mol. The zero-order chi connectivity index (χ0) is 20.9. The first-order valence-electron chi connectivity index (χ1n) is 8.86. The molecule has 4 nitrogen and oxygen atoms in total. The number of benzene rings is 3. The van der Waals surface area contributed by atoms with Crippen molar-refractivity contribution in [3.8, 4) is 17.2 Å². The third-order valence-corrected chi connectivity index (χ3v) is 4.05. The number of anilines is 1. The summed E-state index contributed by atoms with van der Waals surface area (Å²) in [6.45, 7) is 2.28. The minimum atomic E-state index is -4.39. The van der Waals surface area contributed by atoms with Crippen LogP contribution in [0, 0.1) is 0 Å². The van der Waals surface area contributed by atoms with E-state index in [1.807, 2.05) is 37.3 Å². The van der Waals surface area contributed by atoms with Gasteiger partial charge in [0.25, 0.3) is 0 Å². The maximum atomic E-state index is 12.6. The van der Waals surface area contributed by atoms with Gasteiger partial charge in [0.05, 0.1) is 5.56 Å². The largest absolute Gasteiger partial charge is 0.457 e. The van der Waals surface area contributed by atoms with E-state index >= 15 is 0 Å². The normalized spacial score (nSPS) is 11.0. The molecule has 3 aromatic carbocycles. The molecule has 0 aliphatic carbocycles. The second-order valence-electron chi connectivity index (χ2n) is 6.04. The number of amides is 1. The van der Waals surface area contributed by atoms with Crippen molar-refractivity contribution in [2.75, 3.05) is 11.4 Å². The summed E-state index contributed by atoms with van der Waals surface area (Å²) in [6.07, 6.45) is -4.91. The van der Waals surface area contributed by atoms with Gasteiger partial charge >= 0.3 is 12.3 Å². The molecule has 0 saturated heterocycles. The summed E-state index contributed by atoms with van der Waals surface area (Å²) in [5.41, 5.74) is -0.0201. The average Bonchev–Trinajstić information content (AvgIpc) is 2.71. The van der Waals surface area contributed by atoms with Crippen LogP contribution in [0.15, 0.2) is 78.9 Å². The second kappa shape index (κ2) is 8.68. The molecule has 3 rings (SSSR count). The Kier molecular flexibility index (Phi) is 6.07. The SMILES string of the molecule is CCN(C(=O)Oc1ccc(Oc2ccc(C(F)(F)F)cc2)cc1)c1ccccc1. The third kappa shape index (κ3) is 5.28. The predicted molar refractivity (Wildman–Crippen MR) is 103 cm³/mol. The average molecular weight is 401 g/mol. The van der Waals surface area contributed by atoms with Gasteiger partial charge in [-0.15, -0.1) is 0 Å². The fraction of sp³-hybridized carbons (Fsp3) is 0.136. The molecule has 0 saturated carbocycles. The number of halogens is 3. The van der Waals surface area contributed by atoms with E-state index in [4.69, 9.17) is 9.47 Å². The summed E-state index contributed by atoms with van der Waals surface area (Å²) in [5, 5.41) is 0. The summed E-state index contributed by atoms with van der Waals surface area (Å²) in [6, 6.07) is 19.8. The molecule has 0 aliphatic heterocycles. The number of hydrogen-bond donors (Lipinski definition) is 0. The fourth-order valence-corrected chi connectivity index (χ4v) is 2.60. The summed E-state index contributed by atoms with van der Waals surface area (Å²) in [4.78, 5) is 13.9. The van der Waals surface area contributed by atoms with Crippen LogP contribution in [0.2, 0.25) is 0 Å². The maximum Gasteiger partial charge on any atom is 0.419 e. The van der Waals surface area contributed by atoms with Crippen LogP contribution in [-0.4, -0.2) is 12.6 Å². The van der Waals surface area contributed by atoms with Crippen molar-refractivity contribution in [1.29, 1.82) is 0 Å². The molecule has 0 aromatic heterocycles. The van der Waals surface area contributed by atoms with Crippen LogP contribution in [0.1, 0.15) is 12.5 Å². The van der Waals surface area contributed by atoms with Gasteiger partial charge in [-0.05, 0) is 67.6 Å². The van der Waals surface area contributed by atoms with Crippen LogP contribution < -0.4 is 14.4 Å². The van der Waals surface area contributed by atoms with Crippen molar-refractivity contribution in [3.05, 3.63) is 84.4 Å². The van der Waals surface area contributed by atoms with Crippen molar-refractivity contribution >= 4 is 11.8 Å². The third-order valence-electron chi connectivity index (χ3n) is 4.05. The summed E-state index contributed by atoms with van der Waals surface area (Å²) < 4.78 is 48.7. The molecule has 0 fully saturated rings. The highest BCUT2D eigenvalue weighted by Crippen LogP contribution is 2.31. The van der Waals surface area contributed by atoms with Gasteiger partial charge in [0, 0.05) is 12.2 Å². The van der Waals surface area contributed by atoms with E-state index < -0.39 is 17.8 Å². The van der Waals surface area contributed by atoms with Gasteiger partial charge in [-0.2, -0.15) is 13.2 Å². The molecular formula is C22H18F3NO3. The van der Waals surface area contributed by atoms with Crippen LogP contribution in [0.4, 0.5) is 23.7 Å². The van der Waals surface area contributed by atoms with E-state index in [-0.39, 0.29) is 5.75 Å². The highest BCUT2D eigenvalue weighted by molar-refractivity contribution is 5.89. The number of rotatable bonds is 5. The van der Waals surface area contributed by atoms with Gasteiger partial charge in [-0.1, -0.05) is 18.2 Å². The molecule has 0 N–H and O–H groups in total. The van der Waals surface area contributed by atoms with Crippen LogP contribution in [0.5, 0.6) is 17.2 Å². The molecule has 0 radical (unpaired) electrons. The number of nitrogens with zero attached hydrogens (tertiary/aromatic N) is 1. The molecule has 29 heavy (non-hydrogen) atoms. The minimum Gasteiger partial charge on any atom is -0.457 e. The molecular weight excluding hydrogens is 383 g/mol. The molecule has 150 valence electrons. The number of para-hydroxylation sites is 1. The lowest BCUT2D eigenvalue weighted by Crippen LogP contribution is -2.33. The Morgan fingerprint density at radius 1 is 0.828 bits per heavy atom. The number of hydrogen-bond acceptors (Lipinski definition) is 3. The van der Waals surface area contributed by atoms with E-state index in [2.05, 4.69) is 0 Å². The molecule has 0 aliphatic rings. The van der Waals surface area contributed by atoms with Crippen molar-refractivity contribution < 1.29 is 27.4 Å². The second-order valence-corrected chi connectivity index (χ2v) is 6.04. The van der Waals surface area contributed by atoms with E-state index in [1.165, 1.54) is 17.0 Å². The Balaban J connectivity index is 1.63. The Labute approximate surface area is 166 Å². The summed E-state index contributed by atoms with van der Waals surface area (Å²) in [7, 11) is 0. The highest BCUT2D eigenvalue weighted by atomic mass is 19.4. The van der Waals surface area contributed by atoms with E-state index in [0.717, 1.165) is 17.8 Å². The van der Waals surface area contributed by atoms with Crippen molar-refractivity contribution in [1.82, 2.24) is 0 Å². The molecule has 0 unspecified atom stereocenters. The van der Waals surface area contributed by atoms with Crippen LogP contribution >= 0.6 is 0 Å². The molecule has 0 atom stereocenters. The van der Waals surface area contributed by atoms with E-state index in [1.54, 1.807) is 24.3 Å². The maximum absolute atomic E-state index is 12.6. The van der Waals surface area contributed by atoms with Gasteiger partial charge in [-0.3, -0.25) is 4.90 Å².